The number of benzene rings is 2. The number of aromatic nitrogens is 1. The van der Waals surface area contributed by atoms with Gasteiger partial charge in [0.2, 0.25) is 0 Å². The molecule has 0 aliphatic carbocycles. The summed E-state index contributed by atoms with van der Waals surface area (Å²) in [7, 11) is 0. The van der Waals surface area contributed by atoms with Crippen LogP contribution in [0.5, 0.6) is 5.75 Å². The van der Waals surface area contributed by atoms with E-state index >= 15 is 0 Å². The molecule has 1 saturated heterocycles. The number of aromatic hydroxyl groups is 1. The summed E-state index contributed by atoms with van der Waals surface area (Å²) in [6.07, 6.45) is 1.10. The second-order valence-corrected chi connectivity index (χ2v) is 6.58. The molecule has 0 bridgehead atoms. The maximum atomic E-state index is 10.0. The van der Waals surface area contributed by atoms with E-state index in [1.807, 2.05) is 18.2 Å². The molecule has 0 saturated carbocycles. The summed E-state index contributed by atoms with van der Waals surface area (Å²) in [6, 6.07) is 20.3. The Morgan fingerprint density at radius 2 is 1.64 bits per heavy atom. The van der Waals surface area contributed by atoms with Crippen LogP contribution in [0.3, 0.4) is 0 Å². The Labute approximate surface area is 148 Å². The molecule has 0 amide bonds. The molecule has 4 heteroatoms. The smallest absolute Gasteiger partial charge is 0.141 e. The fraction of sp³-hybridized carbons (Fsp3) is 0.286. The highest BCUT2D eigenvalue weighted by Crippen LogP contribution is 2.25. The second-order valence-electron chi connectivity index (χ2n) is 6.58. The molecule has 2 aromatic carbocycles. The number of anilines is 1. The molecule has 4 nitrogen and oxygen atoms in total. The molecule has 1 aliphatic rings. The van der Waals surface area contributed by atoms with Crippen LogP contribution in [0.4, 0.5) is 5.82 Å². The summed E-state index contributed by atoms with van der Waals surface area (Å²) in [5.74, 6) is 1.21. The number of nitrogens with zero attached hydrogens (tertiary/aromatic N) is 3. The van der Waals surface area contributed by atoms with Crippen LogP contribution in [0.25, 0.3) is 10.9 Å². The molecule has 0 radical (unpaired) electrons. The van der Waals surface area contributed by atoms with E-state index in [-0.39, 0.29) is 5.75 Å². The number of phenolic OH excluding ortho intramolecular Hbond substituents is 1. The Balaban J connectivity index is 1.38. The first-order valence-electron chi connectivity index (χ1n) is 8.89. The van der Waals surface area contributed by atoms with Gasteiger partial charge < -0.3 is 10.0 Å². The first kappa shape index (κ1) is 15.9. The van der Waals surface area contributed by atoms with Gasteiger partial charge in [0.15, 0.2) is 0 Å². The van der Waals surface area contributed by atoms with Gasteiger partial charge in [-0.05, 0) is 30.2 Å². The minimum absolute atomic E-state index is 0.251. The Bertz CT molecular complexity index is 842. The Kier molecular flexibility index (Phi) is 4.53. The second kappa shape index (κ2) is 7.11. The van der Waals surface area contributed by atoms with E-state index in [4.69, 9.17) is 0 Å². The molecule has 1 N–H and O–H groups in total. The summed E-state index contributed by atoms with van der Waals surface area (Å²) < 4.78 is 0. The van der Waals surface area contributed by atoms with Gasteiger partial charge in [0, 0.05) is 38.1 Å². The van der Waals surface area contributed by atoms with Crippen LogP contribution in [0.1, 0.15) is 5.56 Å². The minimum Gasteiger partial charge on any atom is -0.506 e. The molecule has 1 fully saturated rings. The summed E-state index contributed by atoms with van der Waals surface area (Å²) in [5.41, 5.74) is 2.09. The first-order valence-corrected chi connectivity index (χ1v) is 8.89. The molecule has 128 valence electrons. The summed E-state index contributed by atoms with van der Waals surface area (Å²) in [4.78, 5) is 9.50. The van der Waals surface area contributed by atoms with Crippen molar-refractivity contribution in [1.29, 1.82) is 0 Å². The number of piperazine rings is 1. The summed E-state index contributed by atoms with van der Waals surface area (Å²) in [6.45, 7) is 5.15. The lowest BCUT2D eigenvalue weighted by atomic mass is 10.1. The normalized spacial score (nSPS) is 15.6. The van der Waals surface area contributed by atoms with Gasteiger partial charge in [-0.25, -0.2) is 4.98 Å². The highest BCUT2D eigenvalue weighted by atomic mass is 16.3. The van der Waals surface area contributed by atoms with E-state index in [1.54, 1.807) is 6.07 Å². The molecule has 0 spiro atoms. The Morgan fingerprint density at radius 1 is 0.840 bits per heavy atom. The van der Waals surface area contributed by atoms with E-state index in [9.17, 15) is 5.11 Å². The average molecular weight is 333 g/mol. The van der Waals surface area contributed by atoms with Crippen molar-refractivity contribution in [2.24, 2.45) is 0 Å². The third-order valence-corrected chi connectivity index (χ3v) is 4.94. The summed E-state index contributed by atoms with van der Waals surface area (Å²) >= 11 is 0. The van der Waals surface area contributed by atoms with Crippen LogP contribution in [-0.4, -0.2) is 47.7 Å². The predicted molar refractivity (Wildman–Crippen MR) is 102 cm³/mol. The van der Waals surface area contributed by atoms with Crippen LogP contribution in [-0.2, 0) is 6.42 Å². The number of para-hydroxylation sites is 1. The Hall–Kier alpha value is -2.59. The van der Waals surface area contributed by atoms with Gasteiger partial charge in [-0.3, -0.25) is 4.90 Å². The topological polar surface area (TPSA) is 39.6 Å². The van der Waals surface area contributed by atoms with Crippen molar-refractivity contribution in [2.45, 2.75) is 6.42 Å². The average Bonchev–Trinajstić information content (AvgIpc) is 2.68. The van der Waals surface area contributed by atoms with Crippen molar-refractivity contribution in [1.82, 2.24) is 9.88 Å². The fourth-order valence-corrected chi connectivity index (χ4v) is 3.43. The Morgan fingerprint density at radius 3 is 2.44 bits per heavy atom. The lowest BCUT2D eigenvalue weighted by molar-refractivity contribution is 0.260. The van der Waals surface area contributed by atoms with Crippen molar-refractivity contribution in [3.05, 3.63) is 66.2 Å². The van der Waals surface area contributed by atoms with Crippen molar-refractivity contribution >= 4 is 16.7 Å². The van der Waals surface area contributed by atoms with E-state index < -0.39 is 0 Å². The number of fused-ring (bicyclic) bond motifs is 1. The van der Waals surface area contributed by atoms with Crippen LogP contribution < -0.4 is 4.90 Å². The lowest BCUT2D eigenvalue weighted by Crippen LogP contribution is -2.47. The maximum absolute atomic E-state index is 10.0. The number of pyridine rings is 1. The third-order valence-electron chi connectivity index (χ3n) is 4.94. The van der Waals surface area contributed by atoms with Crippen LogP contribution in [0, 0.1) is 0 Å². The summed E-state index contributed by atoms with van der Waals surface area (Å²) in [5, 5.41) is 11.0. The molecule has 25 heavy (non-hydrogen) atoms. The zero-order valence-corrected chi connectivity index (χ0v) is 14.3. The van der Waals surface area contributed by atoms with Gasteiger partial charge in [0.1, 0.15) is 17.1 Å². The van der Waals surface area contributed by atoms with Gasteiger partial charge in [-0.2, -0.15) is 0 Å². The molecule has 1 aliphatic heterocycles. The number of hydrogen-bond acceptors (Lipinski definition) is 4. The quantitative estimate of drug-likeness (QED) is 0.795. The zero-order valence-electron chi connectivity index (χ0n) is 14.3. The maximum Gasteiger partial charge on any atom is 0.141 e. The first-order chi connectivity index (χ1) is 12.3. The fourth-order valence-electron chi connectivity index (χ4n) is 3.43. The molecule has 2 heterocycles. The minimum atomic E-state index is 0.251. The van der Waals surface area contributed by atoms with E-state index in [0.29, 0.717) is 5.52 Å². The molecule has 0 unspecified atom stereocenters. The SMILES string of the molecule is Oc1cccc2ccc(N3CCN(CCc4ccccc4)CC3)nc12. The number of phenols is 1. The van der Waals surface area contributed by atoms with Crippen molar-refractivity contribution < 1.29 is 5.11 Å². The highest BCUT2D eigenvalue weighted by molar-refractivity contribution is 5.85. The highest BCUT2D eigenvalue weighted by Gasteiger charge is 2.18. The predicted octanol–water partition coefficient (Wildman–Crippen LogP) is 3.31. The van der Waals surface area contributed by atoms with Crippen LogP contribution >= 0.6 is 0 Å². The van der Waals surface area contributed by atoms with Gasteiger partial charge in [-0.1, -0.05) is 42.5 Å². The molecule has 1 aromatic heterocycles. The molecule has 3 aromatic rings. The molecule has 0 atom stereocenters. The number of hydrogen-bond donors (Lipinski definition) is 1. The van der Waals surface area contributed by atoms with E-state index in [2.05, 4.69) is 51.2 Å². The van der Waals surface area contributed by atoms with Gasteiger partial charge >= 0.3 is 0 Å². The van der Waals surface area contributed by atoms with Gasteiger partial charge in [0.05, 0.1) is 0 Å². The largest absolute Gasteiger partial charge is 0.506 e. The molecular formula is C21H23N3O. The van der Waals surface area contributed by atoms with Crippen LogP contribution in [0.2, 0.25) is 0 Å². The molecular weight excluding hydrogens is 310 g/mol. The van der Waals surface area contributed by atoms with Crippen LogP contribution in [0.15, 0.2) is 60.7 Å². The van der Waals surface area contributed by atoms with Crippen molar-refractivity contribution in [2.75, 3.05) is 37.6 Å². The third kappa shape index (κ3) is 3.59. The van der Waals surface area contributed by atoms with E-state index in [1.165, 1.54) is 5.56 Å². The lowest BCUT2D eigenvalue weighted by Gasteiger charge is -2.35. The standard InChI is InChI=1S/C21H23N3O/c25-19-8-4-7-18-9-10-20(22-21(18)19)24-15-13-23(14-16-24)12-11-17-5-2-1-3-6-17/h1-10,25H,11-16H2. The molecule has 4 rings (SSSR count). The number of rotatable bonds is 4. The van der Waals surface area contributed by atoms with Gasteiger partial charge in [0.25, 0.3) is 0 Å². The zero-order chi connectivity index (χ0) is 17.1. The van der Waals surface area contributed by atoms with Crippen molar-refractivity contribution in [3.63, 3.8) is 0 Å². The van der Waals surface area contributed by atoms with E-state index in [0.717, 1.165) is 50.3 Å². The van der Waals surface area contributed by atoms with Crippen molar-refractivity contribution in [3.8, 4) is 5.75 Å². The monoisotopic (exact) mass is 333 g/mol. The van der Waals surface area contributed by atoms with Gasteiger partial charge in [-0.15, -0.1) is 0 Å².